The van der Waals surface area contributed by atoms with Crippen LogP contribution in [0.4, 0.5) is 13.2 Å². The number of hydrogen-bond acceptors (Lipinski definition) is 5. The average molecular weight is 490 g/mol. The van der Waals surface area contributed by atoms with Crippen molar-refractivity contribution < 1.29 is 18.0 Å². The zero-order chi connectivity index (χ0) is 24.3. The van der Waals surface area contributed by atoms with Crippen LogP contribution in [0.1, 0.15) is 26.3 Å². The van der Waals surface area contributed by atoms with Gasteiger partial charge >= 0.3 is 6.18 Å². The second-order valence-corrected chi connectivity index (χ2v) is 8.14. The summed E-state index contributed by atoms with van der Waals surface area (Å²) in [7, 11) is 1.22. The van der Waals surface area contributed by atoms with Gasteiger partial charge in [-0.25, -0.2) is 4.99 Å². The third-order valence-electron chi connectivity index (χ3n) is 4.44. The summed E-state index contributed by atoms with van der Waals surface area (Å²) >= 11 is 7.41. The number of likely N-dealkylation sites (N-methyl/N-ethyl adjacent to an activating group) is 1. The molecule has 11 heteroatoms. The number of benzene rings is 1. The van der Waals surface area contributed by atoms with E-state index in [0.29, 0.717) is 12.8 Å². The first kappa shape index (κ1) is 27.7. The van der Waals surface area contributed by atoms with Crippen molar-refractivity contribution in [3.8, 4) is 0 Å². The normalized spacial score (nSPS) is 14.5. The molecular weight excluding hydrogens is 463 g/mol. The van der Waals surface area contributed by atoms with Gasteiger partial charge in [0.25, 0.3) is 0 Å². The Hall–Kier alpha value is -2.33. The van der Waals surface area contributed by atoms with Crippen LogP contribution in [0.3, 0.4) is 0 Å². The number of carbonyl (C=O) groups excluding carboxylic acids is 1. The highest BCUT2D eigenvalue weighted by Gasteiger charge is 2.40. The van der Waals surface area contributed by atoms with Gasteiger partial charge in [0.15, 0.2) is 18.0 Å². The number of halogens is 4. The van der Waals surface area contributed by atoms with E-state index in [9.17, 15) is 18.0 Å². The highest BCUT2D eigenvalue weighted by Crippen LogP contribution is 2.26. The largest absolute Gasteiger partial charge is 0.408 e. The number of carbonyl (C=O) groups is 1. The van der Waals surface area contributed by atoms with Gasteiger partial charge in [0, 0.05) is 18.5 Å². The molecule has 0 saturated heterocycles. The van der Waals surface area contributed by atoms with Crippen LogP contribution in [-0.4, -0.2) is 60.6 Å². The molecule has 1 aromatic rings. The van der Waals surface area contributed by atoms with Crippen LogP contribution in [0.25, 0.3) is 0 Å². The molecular formula is C21H27ClF3N5OS. The lowest BCUT2D eigenvalue weighted by Gasteiger charge is -2.30. The van der Waals surface area contributed by atoms with Gasteiger partial charge in [0.1, 0.15) is 17.7 Å². The van der Waals surface area contributed by atoms with E-state index in [-0.39, 0.29) is 29.1 Å². The van der Waals surface area contributed by atoms with Gasteiger partial charge in [0.05, 0.1) is 5.70 Å². The Labute approximate surface area is 195 Å². The quantitative estimate of drug-likeness (QED) is 0.127. The summed E-state index contributed by atoms with van der Waals surface area (Å²) in [6, 6.07) is 5.59. The Morgan fingerprint density at radius 2 is 1.97 bits per heavy atom. The molecule has 0 aliphatic heterocycles. The van der Waals surface area contributed by atoms with Crippen LogP contribution < -0.4 is 5.32 Å². The number of rotatable bonds is 10. The Morgan fingerprint density at radius 1 is 1.34 bits per heavy atom. The molecule has 0 heterocycles. The zero-order valence-electron chi connectivity index (χ0n) is 18.4. The molecule has 0 radical (unpaired) electrons. The fraction of sp³-hybridized carbons (Fsp3) is 0.429. The predicted molar refractivity (Wildman–Crippen MR) is 127 cm³/mol. The molecule has 6 nitrogen and oxygen atoms in total. The minimum Gasteiger partial charge on any atom is -0.363 e. The SMILES string of the molecule is C=N/C(C)=C(/N=C(\C=O)NCc1ccc(SCC)cc1)C(=N/CCl)\N(C)C(C)C(F)(F)F. The third kappa shape index (κ3) is 8.31. The van der Waals surface area contributed by atoms with Gasteiger partial charge in [0.2, 0.25) is 0 Å². The van der Waals surface area contributed by atoms with Crippen LogP contribution in [0.15, 0.2) is 55.5 Å². The molecule has 0 amide bonds. The Balaban J connectivity index is 3.23. The van der Waals surface area contributed by atoms with Gasteiger partial charge in [-0.15, -0.1) is 23.4 Å². The van der Waals surface area contributed by atoms with Gasteiger partial charge in [-0.1, -0.05) is 19.1 Å². The highest BCUT2D eigenvalue weighted by molar-refractivity contribution is 7.99. The minimum absolute atomic E-state index is 0.0384. The van der Waals surface area contributed by atoms with Crippen LogP contribution in [0.5, 0.6) is 0 Å². The lowest BCUT2D eigenvalue weighted by Crippen LogP contribution is -2.45. The van der Waals surface area contributed by atoms with E-state index in [4.69, 9.17) is 11.6 Å². The van der Waals surface area contributed by atoms with Crippen molar-refractivity contribution in [1.29, 1.82) is 0 Å². The number of thioether (sulfide) groups is 1. The smallest absolute Gasteiger partial charge is 0.363 e. The van der Waals surface area contributed by atoms with E-state index in [2.05, 4.69) is 33.9 Å². The third-order valence-corrected chi connectivity index (χ3v) is 5.46. The first-order valence-electron chi connectivity index (χ1n) is 9.66. The number of aldehydes is 1. The van der Waals surface area contributed by atoms with Crippen molar-refractivity contribution in [2.75, 3.05) is 18.8 Å². The first-order valence-corrected chi connectivity index (χ1v) is 11.2. The van der Waals surface area contributed by atoms with Gasteiger partial charge in [-0.3, -0.25) is 14.8 Å². The number of alkyl halides is 4. The summed E-state index contributed by atoms with van der Waals surface area (Å²) in [6.45, 7) is 8.26. The van der Waals surface area contributed by atoms with Crippen molar-refractivity contribution >= 4 is 48.0 Å². The van der Waals surface area contributed by atoms with Crippen LogP contribution in [-0.2, 0) is 11.3 Å². The molecule has 0 spiro atoms. The standard InChI is InChI=1S/C21H27ClF3N5OS/c1-6-32-17-9-7-16(8-10-17)11-27-18(12-31)29-19(14(2)26-4)20(28-13-22)30(5)15(3)21(23,24)25/h7-10,12,15H,4,6,11,13H2,1-3,5H3,(H,27,29)/b19-14+,28-20+. The number of hydrogen-bond donors (Lipinski definition) is 1. The second-order valence-electron chi connectivity index (χ2n) is 6.57. The molecule has 0 aliphatic rings. The van der Waals surface area contributed by atoms with Crippen molar-refractivity contribution in [3.63, 3.8) is 0 Å². The number of nitrogens with zero attached hydrogens (tertiary/aromatic N) is 4. The zero-order valence-corrected chi connectivity index (χ0v) is 20.0. The molecule has 0 saturated carbocycles. The summed E-state index contributed by atoms with van der Waals surface area (Å²) in [4.78, 5) is 25.6. The average Bonchev–Trinajstić information content (AvgIpc) is 2.77. The van der Waals surface area contributed by atoms with E-state index in [1.165, 1.54) is 14.0 Å². The fourth-order valence-corrected chi connectivity index (χ4v) is 3.25. The number of allylic oxidation sites excluding steroid dienone is 1. The van der Waals surface area contributed by atoms with Crippen molar-refractivity contribution in [1.82, 2.24) is 10.2 Å². The predicted octanol–water partition coefficient (Wildman–Crippen LogP) is 4.90. The summed E-state index contributed by atoms with van der Waals surface area (Å²) in [5, 5.41) is 2.89. The summed E-state index contributed by atoms with van der Waals surface area (Å²) in [5.74, 6) is 0.709. The van der Waals surface area contributed by atoms with Crippen LogP contribution in [0.2, 0.25) is 0 Å². The minimum atomic E-state index is -4.51. The molecule has 1 N–H and O–H groups in total. The molecule has 1 rings (SSSR count). The maximum Gasteiger partial charge on any atom is 0.408 e. The van der Waals surface area contributed by atoms with Gasteiger partial charge in [-0.2, -0.15) is 13.2 Å². The van der Waals surface area contributed by atoms with Gasteiger partial charge < -0.3 is 10.2 Å². The Bertz CT molecular complexity index is 869. The molecule has 32 heavy (non-hydrogen) atoms. The molecule has 1 unspecified atom stereocenters. The first-order chi connectivity index (χ1) is 15.1. The summed E-state index contributed by atoms with van der Waals surface area (Å²) in [5.41, 5.74) is 1.06. The number of nitrogens with one attached hydrogen (secondary N) is 1. The summed E-state index contributed by atoms with van der Waals surface area (Å²) in [6.07, 6.45) is -4.04. The van der Waals surface area contributed by atoms with Crippen LogP contribution in [0, 0.1) is 0 Å². The fourth-order valence-electron chi connectivity index (χ4n) is 2.47. The van der Waals surface area contributed by atoms with E-state index in [1.54, 1.807) is 11.8 Å². The van der Waals surface area contributed by atoms with Gasteiger partial charge in [-0.05, 0) is 44.0 Å². The Morgan fingerprint density at radius 3 is 2.44 bits per heavy atom. The lowest BCUT2D eigenvalue weighted by atomic mass is 10.2. The number of amidine groups is 2. The highest BCUT2D eigenvalue weighted by atomic mass is 35.5. The monoisotopic (exact) mass is 489 g/mol. The molecule has 1 aromatic carbocycles. The van der Waals surface area contributed by atoms with Crippen molar-refractivity contribution in [2.45, 2.75) is 44.4 Å². The van der Waals surface area contributed by atoms with Crippen molar-refractivity contribution in [3.05, 3.63) is 41.2 Å². The van der Waals surface area contributed by atoms with Crippen molar-refractivity contribution in [2.24, 2.45) is 15.0 Å². The molecule has 0 aliphatic carbocycles. The Kier molecular flexibility index (Phi) is 11.5. The molecule has 1 atom stereocenters. The maximum atomic E-state index is 13.3. The molecule has 0 bridgehead atoms. The number of aliphatic imine (C=N–C) groups is 3. The molecule has 0 fully saturated rings. The van der Waals surface area contributed by atoms with E-state index in [1.807, 2.05) is 24.3 Å². The summed E-state index contributed by atoms with van der Waals surface area (Å²) < 4.78 is 39.8. The van der Waals surface area contributed by atoms with E-state index in [0.717, 1.165) is 28.0 Å². The second kappa shape index (κ2) is 13.3. The topological polar surface area (TPSA) is 69.4 Å². The molecule has 0 aromatic heterocycles. The van der Waals surface area contributed by atoms with Crippen LogP contribution >= 0.6 is 23.4 Å². The lowest BCUT2D eigenvalue weighted by molar-refractivity contribution is -0.166. The molecule has 176 valence electrons. The van der Waals surface area contributed by atoms with E-state index < -0.39 is 12.2 Å². The maximum absolute atomic E-state index is 13.3. The van der Waals surface area contributed by atoms with E-state index >= 15 is 0 Å².